The van der Waals surface area contributed by atoms with Gasteiger partial charge in [-0.05, 0) is 48.5 Å². The number of carbonyl (C=O) groups excluding carboxylic acids is 1. The molecule has 0 spiro atoms. The largest absolute Gasteiger partial charge is 0.457 e. The molecule has 0 bridgehead atoms. The predicted molar refractivity (Wildman–Crippen MR) is 103 cm³/mol. The van der Waals surface area contributed by atoms with E-state index in [0.29, 0.717) is 17.9 Å². The SMILES string of the molecule is C=CCNC(=O)c1ccc(Nc2ccc(Oc3ccccc3)cc2)nc1. The van der Waals surface area contributed by atoms with Gasteiger partial charge in [-0.3, -0.25) is 4.79 Å². The molecule has 2 N–H and O–H groups in total. The van der Waals surface area contributed by atoms with Crippen LogP contribution < -0.4 is 15.4 Å². The van der Waals surface area contributed by atoms with Crippen molar-refractivity contribution in [2.24, 2.45) is 0 Å². The summed E-state index contributed by atoms with van der Waals surface area (Å²) in [5.74, 6) is 2.03. The normalized spacial score (nSPS) is 10.0. The van der Waals surface area contributed by atoms with Gasteiger partial charge in [0.1, 0.15) is 17.3 Å². The van der Waals surface area contributed by atoms with Crippen LogP contribution >= 0.6 is 0 Å². The van der Waals surface area contributed by atoms with E-state index in [-0.39, 0.29) is 5.91 Å². The van der Waals surface area contributed by atoms with Gasteiger partial charge < -0.3 is 15.4 Å². The van der Waals surface area contributed by atoms with Gasteiger partial charge in [-0.1, -0.05) is 24.3 Å². The Bertz CT molecular complexity index is 860. The molecule has 1 aromatic heterocycles. The lowest BCUT2D eigenvalue weighted by Gasteiger charge is -2.09. The molecule has 3 aromatic rings. The van der Waals surface area contributed by atoms with E-state index in [1.54, 1.807) is 18.2 Å². The van der Waals surface area contributed by atoms with Gasteiger partial charge in [-0.15, -0.1) is 6.58 Å². The number of para-hydroxylation sites is 1. The zero-order valence-corrected chi connectivity index (χ0v) is 14.2. The number of rotatable bonds is 7. The lowest BCUT2D eigenvalue weighted by molar-refractivity contribution is 0.0957. The number of pyridine rings is 1. The average molecular weight is 345 g/mol. The van der Waals surface area contributed by atoms with Crippen molar-refractivity contribution in [3.8, 4) is 11.5 Å². The fourth-order valence-electron chi connectivity index (χ4n) is 2.25. The molecule has 0 aliphatic heterocycles. The van der Waals surface area contributed by atoms with Crippen LogP contribution in [0.5, 0.6) is 11.5 Å². The van der Waals surface area contributed by atoms with Crippen molar-refractivity contribution in [2.45, 2.75) is 0 Å². The van der Waals surface area contributed by atoms with Crippen molar-refractivity contribution in [3.63, 3.8) is 0 Å². The average Bonchev–Trinajstić information content (AvgIpc) is 2.69. The van der Waals surface area contributed by atoms with Gasteiger partial charge in [0.2, 0.25) is 0 Å². The number of nitrogens with zero attached hydrogens (tertiary/aromatic N) is 1. The van der Waals surface area contributed by atoms with E-state index in [0.717, 1.165) is 17.2 Å². The number of carbonyl (C=O) groups is 1. The molecule has 3 rings (SSSR count). The second-order valence-corrected chi connectivity index (χ2v) is 5.50. The van der Waals surface area contributed by atoms with Crippen molar-refractivity contribution in [3.05, 3.63) is 91.1 Å². The minimum absolute atomic E-state index is 0.175. The highest BCUT2D eigenvalue weighted by molar-refractivity contribution is 5.94. The first-order valence-electron chi connectivity index (χ1n) is 8.20. The van der Waals surface area contributed by atoms with Gasteiger partial charge >= 0.3 is 0 Å². The Labute approximate surface area is 152 Å². The van der Waals surface area contributed by atoms with Crippen LogP contribution in [0.2, 0.25) is 0 Å². The third-order valence-electron chi connectivity index (χ3n) is 3.54. The fourth-order valence-corrected chi connectivity index (χ4v) is 2.25. The van der Waals surface area contributed by atoms with E-state index in [1.165, 1.54) is 6.20 Å². The summed E-state index contributed by atoms with van der Waals surface area (Å²) < 4.78 is 5.76. The highest BCUT2D eigenvalue weighted by Gasteiger charge is 2.05. The van der Waals surface area contributed by atoms with E-state index >= 15 is 0 Å². The predicted octanol–water partition coefficient (Wildman–Crippen LogP) is 4.53. The van der Waals surface area contributed by atoms with Crippen LogP contribution in [-0.4, -0.2) is 17.4 Å². The lowest BCUT2D eigenvalue weighted by atomic mass is 10.2. The maximum atomic E-state index is 11.8. The van der Waals surface area contributed by atoms with Gasteiger partial charge in [0.15, 0.2) is 0 Å². The molecule has 1 heterocycles. The molecule has 26 heavy (non-hydrogen) atoms. The minimum Gasteiger partial charge on any atom is -0.457 e. The number of benzene rings is 2. The molecule has 2 aromatic carbocycles. The lowest BCUT2D eigenvalue weighted by Crippen LogP contribution is -2.23. The number of nitrogens with one attached hydrogen (secondary N) is 2. The zero-order chi connectivity index (χ0) is 18.2. The van der Waals surface area contributed by atoms with Gasteiger partial charge in [0, 0.05) is 18.4 Å². The third-order valence-corrected chi connectivity index (χ3v) is 3.54. The number of amides is 1. The first-order chi connectivity index (χ1) is 12.7. The summed E-state index contributed by atoms with van der Waals surface area (Å²) in [5.41, 5.74) is 1.38. The fraction of sp³-hybridized carbons (Fsp3) is 0.0476. The van der Waals surface area contributed by atoms with Crippen LogP contribution in [0.25, 0.3) is 0 Å². The van der Waals surface area contributed by atoms with E-state index in [4.69, 9.17) is 4.74 Å². The van der Waals surface area contributed by atoms with Crippen LogP contribution in [0.3, 0.4) is 0 Å². The van der Waals surface area contributed by atoms with E-state index < -0.39 is 0 Å². The summed E-state index contributed by atoms with van der Waals surface area (Å²) in [5, 5.41) is 5.90. The topological polar surface area (TPSA) is 63.2 Å². The smallest absolute Gasteiger partial charge is 0.253 e. The van der Waals surface area contributed by atoms with Crippen molar-refractivity contribution < 1.29 is 9.53 Å². The molecular weight excluding hydrogens is 326 g/mol. The summed E-state index contributed by atoms with van der Waals surface area (Å²) in [4.78, 5) is 16.1. The first-order valence-corrected chi connectivity index (χ1v) is 8.20. The van der Waals surface area contributed by atoms with Crippen LogP contribution in [0.1, 0.15) is 10.4 Å². The molecule has 5 heteroatoms. The summed E-state index contributed by atoms with van der Waals surface area (Å²) >= 11 is 0. The Kier molecular flexibility index (Phi) is 5.62. The van der Waals surface area contributed by atoms with Gasteiger partial charge in [0.05, 0.1) is 5.56 Å². The molecular formula is C21H19N3O2. The number of hydrogen-bond donors (Lipinski definition) is 2. The van der Waals surface area contributed by atoms with Crippen molar-refractivity contribution in [2.75, 3.05) is 11.9 Å². The first kappa shape index (κ1) is 17.2. The van der Waals surface area contributed by atoms with Crippen molar-refractivity contribution in [1.82, 2.24) is 10.3 Å². The Morgan fingerprint density at radius 1 is 1.00 bits per heavy atom. The Morgan fingerprint density at radius 2 is 1.73 bits per heavy atom. The van der Waals surface area contributed by atoms with E-state index in [9.17, 15) is 4.79 Å². The monoisotopic (exact) mass is 345 g/mol. The van der Waals surface area contributed by atoms with Crippen LogP contribution in [0.4, 0.5) is 11.5 Å². The van der Waals surface area contributed by atoms with Gasteiger partial charge in [-0.25, -0.2) is 4.98 Å². The molecule has 0 aliphatic rings. The summed E-state index contributed by atoms with van der Waals surface area (Å²) in [7, 11) is 0. The van der Waals surface area contributed by atoms with E-state index in [1.807, 2.05) is 54.6 Å². The second kappa shape index (κ2) is 8.48. The summed E-state index contributed by atoms with van der Waals surface area (Å²) in [6.45, 7) is 3.99. The number of anilines is 2. The van der Waals surface area contributed by atoms with Gasteiger partial charge in [-0.2, -0.15) is 0 Å². The van der Waals surface area contributed by atoms with Crippen LogP contribution in [-0.2, 0) is 0 Å². The number of ether oxygens (including phenoxy) is 1. The molecule has 0 aliphatic carbocycles. The Morgan fingerprint density at radius 3 is 2.38 bits per heavy atom. The Hall–Kier alpha value is -3.60. The molecule has 0 unspecified atom stereocenters. The maximum absolute atomic E-state index is 11.8. The highest BCUT2D eigenvalue weighted by Crippen LogP contribution is 2.23. The molecule has 0 saturated heterocycles. The Balaban J connectivity index is 1.60. The molecule has 1 amide bonds. The quantitative estimate of drug-likeness (QED) is 0.617. The highest BCUT2D eigenvalue weighted by atomic mass is 16.5. The minimum atomic E-state index is -0.175. The van der Waals surface area contributed by atoms with Crippen LogP contribution in [0.15, 0.2) is 85.6 Å². The molecule has 0 saturated carbocycles. The molecule has 0 fully saturated rings. The van der Waals surface area contributed by atoms with E-state index in [2.05, 4.69) is 22.2 Å². The molecule has 130 valence electrons. The maximum Gasteiger partial charge on any atom is 0.253 e. The molecule has 0 atom stereocenters. The standard InChI is InChI=1S/C21H19N3O2/c1-2-14-22-21(25)16-8-13-20(23-15-16)24-17-9-11-19(12-10-17)26-18-6-4-3-5-7-18/h2-13,15H,1,14H2,(H,22,25)(H,23,24). The summed E-state index contributed by atoms with van der Waals surface area (Å²) in [6, 6.07) is 20.7. The van der Waals surface area contributed by atoms with Crippen molar-refractivity contribution in [1.29, 1.82) is 0 Å². The molecule has 5 nitrogen and oxygen atoms in total. The van der Waals surface area contributed by atoms with Crippen molar-refractivity contribution >= 4 is 17.4 Å². The number of hydrogen-bond acceptors (Lipinski definition) is 4. The second-order valence-electron chi connectivity index (χ2n) is 5.50. The zero-order valence-electron chi connectivity index (χ0n) is 14.2. The van der Waals surface area contributed by atoms with Crippen LogP contribution in [0, 0.1) is 0 Å². The number of aromatic nitrogens is 1. The molecule has 0 radical (unpaired) electrons. The van der Waals surface area contributed by atoms with Gasteiger partial charge in [0.25, 0.3) is 5.91 Å². The summed E-state index contributed by atoms with van der Waals surface area (Å²) in [6.07, 6.45) is 3.17. The third kappa shape index (κ3) is 4.70.